The molecule has 0 aromatic heterocycles. The summed E-state index contributed by atoms with van der Waals surface area (Å²) >= 11 is 5.95. The molecule has 23 heavy (non-hydrogen) atoms. The van der Waals surface area contributed by atoms with Gasteiger partial charge in [0.15, 0.2) is 0 Å². The molecular formula is C16H13ClN2O4. The van der Waals surface area contributed by atoms with E-state index < -0.39 is 11.6 Å². The van der Waals surface area contributed by atoms with Crippen molar-refractivity contribution < 1.29 is 14.8 Å². The average Bonchev–Trinajstić information content (AvgIpc) is 2.86. The van der Waals surface area contributed by atoms with Crippen LogP contribution in [0.2, 0.25) is 5.02 Å². The number of rotatable bonds is 4. The highest BCUT2D eigenvalue weighted by molar-refractivity contribution is 6.30. The van der Waals surface area contributed by atoms with Crippen molar-refractivity contribution in [3.05, 3.63) is 74.3 Å². The monoisotopic (exact) mass is 332 g/mol. The first-order valence-electron chi connectivity index (χ1n) is 6.93. The summed E-state index contributed by atoms with van der Waals surface area (Å²) in [6, 6.07) is 11.2. The summed E-state index contributed by atoms with van der Waals surface area (Å²) in [5, 5.41) is 24.1. The standard InChI is InChI=1S/C16H13ClN2O4/c17-13-5-6-14-12(7-13)9-16(18-14,19(22)23)8-10-1-3-11(4-2-10)15(20)21/h1-7,18H,8-9H2,(H,20,21). The van der Waals surface area contributed by atoms with Crippen LogP contribution in [0.4, 0.5) is 5.69 Å². The van der Waals surface area contributed by atoms with E-state index in [2.05, 4.69) is 5.32 Å². The molecule has 1 heterocycles. The van der Waals surface area contributed by atoms with Crippen LogP contribution in [0.15, 0.2) is 42.5 Å². The van der Waals surface area contributed by atoms with E-state index >= 15 is 0 Å². The molecule has 0 fully saturated rings. The highest BCUT2D eigenvalue weighted by Crippen LogP contribution is 2.36. The fourth-order valence-electron chi connectivity index (χ4n) is 2.82. The number of hydrogen-bond donors (Lipinski definition) is 2. The molecule has 1 aliphatic rings. The molecule has 1 aliphatic heterocycles. The van der Waals surface area contributed by atoms with E-state index in [1.807, 2.05) is 0 Å². The summed E-state index contributed by atoms with van der Waals surface area (Å²) in [6.07, 6.45) is 0.364. The van der Waals surface area contributed by atoms with Crippen LogP contribution < -0.4 is 5.32 Å². The zero-order chi connectivity index (χ0) is 16.6. The maximum Gasteiger partial charge on any atom is 0.335 e. The number of carboxylic acid groups (broad SMARTS) is 1. The number of nitro groups is 1. The molecule has 2 aromatic carbocycles. The molecule has 0 saturated carbocycles. The van der Waals surface area contributed by atoms with E-state index in [0.717, 1.165) is 5.56 Å². The maximum atomic E-state index is 11.7. The van der Waals surface area contributed by atoms with Gasteiger partial charge in [0.1, 0.15) is 0 Å². The van der Waals surface area contributed by atoms with E-state index in [9.17, 15) is 14.9 Å². The van der Waals surface area contributed by atoms with Gasteiger partial charge in [-0.15, -0.1) is 0 Å². The predicted octanol–water partition coefficient (Wildman–Crippen LogP) is 3.22. The van der Waals surface area contributed by atoms with Gasteiger partial charge in [-0.05, 0) is 41.5 Å². The third-order valence-corrected chi connectivity index (χ3v) is 4.20. The first-order chi connectivity index (χ1) is 10.9. The molecule has 3 rings (SSSR count). The van der Waals surface area contributed by atoms with Crippen molar-refractivity contribution in [1.29, 1.82) is 0 Å². The first kappa shape index (κ1) is 15.3. The van der Waals surface area contributed by atoms with Gasteiger partial charge in [-0.25, -0.2) is 4.79 Å². The Morgan fingerprint density at radius 2 is 2.00 bits per heavy atom. The third-order valence-electron chi connectivity index (χ3n) is 3.96. The fourth-order valence-corrected chi connectivity index (χ4v) is 3.02. The van der Waals surface area contributed by atoms with Crippen LogP contribution in [0.5, 0.6) is 0 Å². The van der Waals surface area contributed by atoms with Crippen LogP contribution >= 0.6 is 11.6 Å². The summed E-state index contributed by atoms with van der Waals surface area (Å²) in [6.45, 7) is 0. The van der Waals surface area contributed by atoms with Crippen molar-refractivity contribution in [3.8, 4) is 0 Å². The molecule has 6 nitrogen and oxygen atoms in total. The van der Waals surface area contributed by atoms with Gasteiger partial charge < -0.3 is 10.4 Å². The lowest BCUT2D eigenvalue weighted by Gasteiger charge is -2.21. The third kappa shape index (κ3) is 2.85. The molecule has 0 aliphatic carbocycles. The summed E-state index contributed by atoms with van der Waals surface area (Å²) in [7, 11) is 0. The Hall–Kier alpha value is -2.60. The highest BCUT2D eigenvalue weighted by atomic mass is 35.5. The van der Waals surface area contributed by atoms with Gasteiger partial charge in [0, 0.05) is 15.6 Å². The molecule has 118 valence electrons. The summed E-state index contributed by atoms with van der Waals surface area (Å²) < 4.78 is 0. The lowest BCUT2D eigenvalue weighted by Crippen LogP contribution is -2.46. The van der Waals surface area contributed by atoms with Crippen LogP contribution in [0.3, 0.4) is 0 Å². The molecule has 0 bridgehead atoms. The topological polar surface area (TPSA) is 92.5 Å². The smallest absolute Gasteiger partial charge is 0.335 e. The molecule has 1 unspecified atom stereocenters. The average molecular weight is 333 g/mol. The zero-order valence-corrected chi connectivity index (χ0v) is 12.7. The number of fused-ring (bicyclic) bond motifs is 1. The lowest BCUT2D eigenvalue weighted by atomic mass is 9.96. The first-order valence-corrected chi connectivity index (χ1v) is 7.31. The van der Waals surface area contributed by atoms with Crippen molar-refractivity contribution in [3.63, 3.8) is 0 Å². The number of hydrogen-bond acceptors (Lipinski definition) is 4. The predicted molar refractivity (Wildman–Crippen MR) is 85.6 cm³/mol. The quantitative estimate of drug-likeness (QED) is 0.662. The molecule has 7 heteroatoms. The maximum absolute atomic E-state index is 11.7. The van der Waals surface area contributed by atoms with Gasteiger partial charge in [-0.2, -0.15) is 0 Å². The number of benzene rings is 2. The minimum atomic E-state index is -1.35. The summed E-state index contributed by atoms with van der Waals surface area (Å²) in [5.74, 6) is -1.03. The second-order valence-electron chi connectivity index (χ2n) is 5.57. The van der Waals surface area contributed by atoms with Gasteiger partial charge >= 0.3 is 11.6 Å². The Balaban J connectivity index is 1.89. The number of aromatic carboxylic acids is 1. The van der Waals surface area contributed by atoms with Gasteiger partial charge in [0.25, 0.3) is 0 Å². The Morgan fingerprint density at radius 3 is 2.61 bits per heavy atom. The van der Waals surface area contributed by atoms with Crippen LogP contribution in [0, 0.1) is 10.1 Å². The summed E-state index contributed by atoms with van der Waals surface area (Å²) in [4.78, 5) is 22.2. The Morgan fingerprint density at radius 1 is 1.30 bits per heavy atom. The second-order valence-corrected chi connectivity index (χ2v) is 6.01. The normalized spacial score (nSPS) is 19.0. The van der Waals surface area contributed by atoms with E-state index in [4.69, 9.17) is 16.7 Å². The second kappa shape index (κ2) is 5.55. The molecular weight excluding hydrogens is 320 g/mol. The number of carboxylic acids is 1. The fraction of sp³-hybridized carbons (Fsp3) is 0.188. The van der Waals surface area contributed by atoms with E-state index in [-0.39, 0.29) is 23.3 Å². The zero-order valence-electron chi connectivity index (χ0n) is 12.0. The van der Waals surface area contributed by atoms with Crippen LogP contribution in [-0.4, -0.2) is 21.7 Å². The number of anilines is 1. The lowest BCUT2D eigenvalue weighted by molar-refractivity contribution is -0.559. The largest absolute Gasteiger partial charge is 0.478 e. The van der Waals surface area contributed by atoms with Crippen molar-refractivity contribution in [2.24, 2.45) is 0 Å². The van der Waals surface area contributed by atoms with Gasteiger partial charge in [-0.3, -0.25) is 10.1 Å². The summed E-state index contributed by atoms with van der Waals surface area (Å²) in [5.41, 5.74) is 0.999. The van der Waals surface area contributed by atoms with E-state index in [1.54, 1.807) is 30.3 Å². The Kier molecular flexibility index (Phi) is 3.69. The molecule has 2 N–H and O–H groups in total. The molecule has 0 amide bonds. The van der Waals surface area contributed by atoms with Crippen molar-refractivity contribution in [2.75, 3.05) is 5.32 Å². The van der Waals surface area contributed by atoms with Crippen molar-refractivity contribution >= 4 is 23.3 Å². The highest BCUT2D eigenvalue weighted by Gasteiger charge is 2.48. The SMILES string of the molecule is O=C(O)c1ccc(CC2([N+](=O)[O-])Cc3cc(Cl)ccc3N2)cc1. The minimum absolute atomic E-state index is 0.145. The molecule has 0 spiro atoms. The van der Waals surface area contributed by atoms with Gasteiger partial charge in [0.2, 0.25) is 0 Å². The minimum Gasteiger partial charge on any atom is -0.478 e. The molecule has 0 saturated heterocycles. The van der Waals surface area contributed by atoms with Gasteiger partial charge in [0.05, 0.1) is 18.4 Å². The number of nitrogens with zero attached hydrogens (tertiary/aromatic N) is 1. The van der Waals surface area contributed by atoms with Crippen molar-refractivity contribution in [2.45, 2.75) is 18.5 Å². The van der Waals surface area contributed by atoms with Crippen LogP contribution in [-0.2, 0) is 12.8 Å². The molecule has 2 aromatic rings. The van der Waals surface area contributed by atoms with E-state index in [0.29, 0.717) is 16.3 Å². The van der Waals surface area contributed by atoms with Crippen LogP contribution in [0.1, 0.15) is 21.5 Å². The Labute approximate surface area is 136 Å². The Bertz CT molecular complexity index is 791. The van der Waals surface area contributed by atoms with Crippen LogP contribution in [0.25, 0.3) is 0 Å². The van der Waals surface area contributed by atoms with Crippen molar-refractivity contribution in [1.82, 2.24) is 0 Å². The van der Waals surface area contributed by atoms with E-state index in [1.165, 1.54) is 12.1 Å². The van der Waals surface area contributed by atoms with Gasteiger partial charge in [-0.1, -0.05) is 23.7 Å². The number of carbonyl (C=O) groups is 1. The number of nitrogens with one attached hydrogen (secondary N) is 1. The molecule has 0 radical (unpaired) electrons. The molecule has 1 atom stereocenters. The number of halogens is 1.